The molecule has 0 radical (unpaired) electrons. The maximum atomic E-state index is 5.40. The van der Waals surface area contributed by atoms with Gasteiger partial charge in [-0.05, 0) is 37.1 Å². The minimum Gasteiger partial charge on any atom is -0.497 e. The average molecular weight is 221 g/mol. The zero-order valence-electron chi connectivity index (χ0n) is 10.1. The first kappa shape index (κ1) is 11.3. The van der Waals surface area contributed by atoms with E-state index in [0.717, 1.165) is 30.4 Å². The Morgan fingerprint density at radius 2 is 2.06 bits per heavy atom. The Bertz CT molecular complexity index is 365. The Kier molecular flexibility index (Phi) is 3.34. The lowest BCUT2D eigenvalue weighted by Gasteiger charge is -2.16. The normalized spacial score (nSPS) is 24.4. The molecule has 2 atom stereocenters. The smallest absolute Gasteiger partial charge is 0.123 e. The van der Waals surface area contributed by atoms with Crippen molar-refractivity contribution in [1.29, 1.82) is 0 Å². The standard InChI is InChI=1S/C13H19NO2/c1-9-6-12(14-8-9)11-7-10(15-2)4-5-13(11)16-3/h4-5,7,9,12,14H,6,8H2,1-3H3/t9-,12+/m0/s1. The topological polar surface area (TPSA) is 30.5 Å². The van der Waals surface area contributed by atoms with Crippen molar-refractivity contribution < 1.29 is 9.47 Å². The Labute approximate surface area is 96.8 Å². The van der Waals surface area contributed by atoms with Crippen molar-refractivity contribution in [1.82, 2.24) is 5.32 Å². The first-order chi connectivity index (χ1) is 7.74. The van der Waals surface area contributed by atoms with Gasteiger partial charge in [0.05, 0.1) is 14.2 Å². The molecule has 0 bridgehead atoms. The van der Waals surface area contributed by atoms with Gasteiger partial charge < -0.3 is 14.8 Å². The third-order valence-electron chi connectivity index (χ3n) is 3.16. The lowest BCUT2D eigenvalue weighted by molar-refractivity contribution is 0.392. The first-order valence-corrected chi connectivity index (χ1v) is 5.70. The SMILES string of the molecule is COc1ccc(OC)c([C@H]2C[C@H](C)CN2)c1. The zero-order valence-corrected chi connectivity index (χ0v) is 10.1. The molecule has 1 saturated heterocycles. The second kappa shape index (κ2) is 4.74. The van der Waals surface area contributed by atoms with E-state index in [4.69, 9.17) is 9.47 Å². The van der Waals surface area contributed by atoms with Gasteiger partial charge in [-0.2, -0.15) is 0 Å². The molecule has 0 aliphatic carbocycles. The van der Waals surface area contributed by atoms with Crippen LogP contribution in [0.25, 0.3) is 0 Å². The van der Waals surface area contributed by atoms with E-state index in [1.165, 1.54) is 5.56 Å². The molecule has 1 heterocycles. The number of ether oxygens (including phenoxy) is 2. The van der Waals surface area contributed by atoms with E-state index >= 15 is 0 Å². The van der Waals surface area contributed by atoms with Crippen LogP contribution in [0.3, 0.4) is 0 Å². The summed E-state index contributed by atoms with van der Waals surface area (Å²) in [5.74, 6) is 2.55. The van der Waals surface area contributed by atoms with E-state index in [2.05, 4.69) is 18.3 Å². The molecule has 0 unspecified atom stereocenters. The highest BCUT2D eigenvalue weighted by Crippen LogP contribution is 2.35. The highest BCUT2D eigenvalue weighted by atomic mass is 16.5. The molecule has 0 aromatic heterocycles. The van der Waals surface area contributed by atoms with Gasteiger partial charge in [-0.15, -0.1) is 0 Å². The van der Waals surface area contributed by atoms with Crippen molar-refractivity contribution in [3.63, 3.8) is 0 Å². The number of nitrogens with one attached hydrogen (secondary N) is 1. The van der Waals surface area contributed by atoms with Gasteiger partial charge in [0.25, 0.3) is 0 Å². The molecule has 1 fully saturated rings. The van der Waals surface area contributed by atoms with Crippen molar-refractivity contribution in [3.8, 4) is 11.5 Å². The maximum absolute atomic E-state index is 5.40. The van der Waals surface area contributed by atoms with Crippen molar-refractivity contribution in [2.45, 2.75) is 19.4 Å². The fourth-order valence-electron chi connectivity index (χ4n) is 2.26. The Morgan fingerprint density at radius 1 is 1.25 bits per heavy atom. The van der Waals surface area contributed by atoms with Crippen LogP contribution in [0.1, 0.15) is 24.9 Å². The van der Waals surface area contributed by atoms with Crippen LogP contribution in [0.2, 0.25) is 0 Å². The summed E-state index contributed by atoms with van der Waals surface area (Å²) >= 11 is 0. The average Bonchev–Trinajstić information content (AvgIpc) is 2.75. The Hall–Kier alpha value is -1.22. The molecule has 1 aliphatic rings. The molecule has 16 heavy (non-hydrogen) atoms. The summed E-state index contributed by atoms with van der Waals surface area (Å²) in [5.41, 5.74) is 1.20. The molecule has 3 nitrogen and oxygen atoms in total. The van der Waals surface area contributed by atoms with Crippen LogP contribution in [0, 0.1) is 5.92 Å². The molecule has 2 rings (SSSR count). The fraction of sp³-hybridized carbons (Fsp3) is 0.538. The number of methoxy groups -OCH3 is 2. The van der Waals surface area contributed by atoms with Gasteiger partial charge in [-0.25, -0.2) is 0 Å². The van der Waals surface area contributed by atoms with Gasteiger partial charge in [0, 0.05) is 11.6 Å². The summed E-state index contributed by atoms with van der Waals surface area (Å²) in [5, 5.41) is 3.51. The van der Waals surface area contributed by atoms with Crippen molar-refractivity contribution in [2.24, 2.45) is 5.92 Å². The lowest BCUT2D eigenvalue weighted by atomic mass is 10.00. The highest BCUT2D eigenvalue weighted by Gasteiger charge is 2.24. The predicted molar refractivity (Wildman–Crippen MR) is 64.1 cm³/mol. The van der Waals surface area contributed by atoms with E-state index in [9.17, 15) is 0 Å². The van der Waals surface area contributed by atoms with Crippen LogP contribution in [0.5, 0.6) is 11.5 Å². The minimum atomic E-state index is 0.389. The largest absolute Gasteiger partial charge is 0.497 e. The van der Waals surface area contributed by atoms with Gasteiger partial charge in [0.2, 0.25) is 0 Å². The number of hydrogen-bond donors (Lipinski definition) is 1. The number of hydrogen-bond acceptors (Lipinski definition) is 3. The zero-order chi connectivity index (χ0) is 11.5. The second-order valence-electron chi connectivity index (χ2n) is 4.41. The fourth-order valence-corrected chi connectivity index (χ4v) is 2.26. The molecular formula is C13H19NO2. The van der Waals surface area contributed by atoms with E-state index in [1.807, 2.05) is 12.1 Å². The van der Waals surface area contributed by atoms with E-state index in [0.29, 0.717) is 6.04 Å². The molecule has 3 heteroatoms. The van der Waals surface area contributed by atoms with Crippen LogP contribution in [-0.2, 0) is 0 Å². The molecule has 1 N–H and O–H groups in total. The summed E-state index contributed by atoms with van der Waals surface area (Å²) in [4.78, 5) is 0. The molecular weight excluding hydrogens is 202 g/mol. The lowest BCUT2D eigenvalue weighted by Crippen LogP contribution is -2.14. The molecule has 88 valence electrons. The molecule has 0 spiro atoms. The van der Waals surface area contributed by atoms with Crippen LogP contribution >= 0.6 is 0 Å². The van der Waals surface area contributed by atoms with Gasteiger partial charge in [0.15, 0.2) is 0 Å². The van der Waals surface area contributed by atoms with Crippen LogP contribution < -0.4 is 14.8 Å². The number of rotatable bonds is 3. The van der Waals surface area contributed by atoms with Crippen LogP contribution in [0.4, 0.5) is 0 Å². The molecule has 0 saturated carbocycles. The summed E-state index contributed by atoms with van der Waals surface area (Å²) in [6, 6.07) is 6.36. The van der Waals surface area contributed by atoms with Crippen LogP contribution in [0.15, 0.2) is 18.2 Å². The maximum Gasteiger partial charge on any atom is 0.123 e. The third-order valence-corrected chi connectivity index (χ3v) is 3.16. The van der Waals surface area contributed by atoms with Gasteiger partial charge in [-0.1, -0.05) is 6.92 Å². The summed E-state index contributed by atoms with van der Waals surface area (Å²) < 4.78 is 10.7. The van der Waals surface area contributed by atoms with Crippen LogP contribution in [-0.4, -0.2) is 20.8 Å². The summed E-state index contributed by atoms with van der Waals surface area (Å²) in [6.45, 7) is 3.34. The van der Waals surface area contributed by atoms with Gasteiger partial charge in [-0.3, -0.25) is 0 Å². The summed E-state index contributed by atoms with van der Waals surface area (Å²) in [7, 11) is 3.40. The quantitative estimate of drug-likeness (QED) is 0.850. The van der Waals surface area contributed by atoms with Crippen molar-refractivity contribution in [2.75, 3.05) is 20.8 Å². The third kappa shape index (κ3) is 2.14. The highest BCUT2D eigenvalue weighted by molar-refractivity contribution is 5.42. The van der Waals surface area contributed by atoms with E-state index in [-0.39, 0.29) is 0 Å². The molecule has 1 aromatic rings. The predicted octanol–water partition coefficient (Wildman–Crippen LogP) is 2.37. The second-order valence-corrected chi connectivity index (χ2v) is 4.41. The van der Waals surface area contributed by atoms with E-state index in [1.54, 1.807) is 14.2 Å². The molecule has 1 aromatic carbocycles. The molecule has 0 amide bonds. The van der Waals surface area contributed by atoms with Crippen molar-refractivity contribution >= 4 is 0 Å². The minimum absolute atomic E-state index is 0.389. The molecule has 1 aliphatic heterocycles. The summed E-state index contributed by atoms with van der Waals surface area (Å²) in [6.07, 6.45) is 1.16. The van der Waals surface area contributed by atoms with Crippen molar-refractivity contribution in [3.05, 3.63) is 23.8 Å². The Balaban J connectivity index is 2.29. The number of benzene rings is 1. The first-order valence-electron chi connectivity index (χ1n) is 5.70. The monoisotopic (exact) mass is 221 g/mol. The van der Waals surface area contributed by atoms with E-state index < -0.39 is 0 Å². The van der Waals surface area contributed by atoms with Gasteiger partial charge >= 0.3 is 0 Å². The van der Waals surface area contributed by atoms with Gasteiger partial charge in [0.1, 0.15) is 11.5 Å². The Morgan fingerprint density at radius 3 is 2.62 bits per heavy atom.